The van der Waals surface area contributed by atoms with Gasteiger partial charge in [0.2, 0.25) is 10.0 Å². The third-order valence-electron chi connectivity index (χ3n) is 3.62. The number of halogens is 3. The lowest BCUT2D eigenvalue weighted by atomic mass is 10.2. The molecule has 0 N–H and O–H groups in total. The van der Waals surface area contributed by atoms with E-state index in [-0.39, 0.29) is 17.0 Å². The van der Waals surface area contributed by atoms with E-state index < -0.39 is 21.9 Å². The largest absolute Gasteiger partial charge is 0.433 e. The summed E-state index contributed by atoms with van der Waals surface area (Å²) in [5, 5.41) is 0. The van der Waals surface area contributed by atoms with Crippen molar-refractivity contribution in [2.24, 2.45) is 0 Å². The van der Waals surface area contributed by atoms with E-state index in [4.69, 9.17) is 0 Å². The molecule has 1 aromatic heterocycles. The van der Waals surface area contributed by atoms with Crippen molar-refractivity contribution >= 4 is 10.0 Å². The minimum atomic E-state index is -4.59. The van der Waals surface area contributed by atoms with Crippen LogP contribution in [-0.2, 0) is 16.2 Å². The molecule has 1 aliphatic rings. The molecule has 0 aliphatic carbocycles. The Morgan fingerprint density at radius 3 is 2.14 bits per heavy atom. The summed E-state index contributed by atoms with van der Waals surface area (Å²) in [7, 11) is -1.97. The Balaban J connectivity index is 2.34. The number of sulfonamides is 1. The molecule has 0 spiro atoms. The summed E-state index contributed by atoms with van der Waals surface area (Å²) in [6.07, 6.45) is -3.81. The van der Waals surface area contributed by atoms with Crippen LogP contribution >= 0.6 is 0 Å². The van der Waals surface area contributed by atoms with Gasteiger partial charge in [0.05, 0.1) is 0 Å². The maximum absolute atomic E-state index is 12.7. The van der Waals surface area contributed by atoms with Gasteiger partial charge in [-0.05, 0) is 33.0 Å². The van der Waals surface area contributed by atoms with Crippen molar-refractivity contribution in [3.8, 4) is 0 Å². The van der Waals surface area contributed by atoms with Crippen LogP contribution in [0.5, 0.6) is 0 Å². The average Bonchev–Trinajstić information content (AvgIpc) is 2.36. The Hall–Kier alpha value is -1.19. The van der Waals surface area contributed by atoms with Gasteiger partial charge in [-0.2, -0.15) is 17.5 Å². The van der Waals surface area contributed by atoms with Gasteiger partial charge in [-0.25, -0.2) is 8.42 Å². The van der Waals surface area contributed by atoms with Gasteiger partial charge in [0.15, 0.2) is 0 Å². The number of pyridine rings is 1. The lowest BCUT2D eigenvalue weighted by molar-refractivity contribution is -0.141. The molecule has 1 saturated heterocycles. The molecule has 2 heterocycles. The molecule has 2 atom stereocenters. The number of hydrogen-bond acceptors (Lipinski definition) is 4. The molecular weight excluding hydrogens is 319 g/mol. The van der Waals surface area contributed by atoms with Gasteiger partial charge in [-0.15, -0.1) is 0 Å². The lowest BCUT2D eigenvalue weighted by Crippen LogP contribution is -2.57. The van der Waals surface area contributed by atoms with Gasteiger partial charge in [0, 0.05) is 31.4 Å². The second-order valence-corrected chi connectivity index (χ2v) is 7.47. The molecule has 2 rings (SSSR count). The van der Waals surface area contributed by atoms with E-state index in [1.807, 2.05) is 11.9 Å². The molecule has 5 nitrogen and oxygen atoms in total. The highest BCUT2D eigenvalue weighted by Crippen LogP contribution is 2.29. The molecule has 0 unspecified atom stereocenters. The highest BCUT2D eigenvalue weighted by atomic mass is 32.2. The van der Waals surface area contributed by atoms with Gasteiger partial charge in [-0.3, -0.25) is 4.98 Å². The molecule has 22 heavy (non-hydrogen) atoms. The highest BCUT2D eigenvalue weighted by molar-refractivity contribution is 7.89. The maximum atomic E-state index is 12.7. The van der Waals surface area contributed by atoms with Crippen LogP contribution in [0.4, 0.5) is 13.2 Å². The van der Waals surface area contributed by atoms with Crippen LogP contribution in [-0.4, -0.2) is 54.8 Å². The first-order chi connectivity index (χ1) is 10.0. The second kappa shape index (κ2) is 5.78. The van der Waals surface area contributed by atoms with Crippen LogP contribution in [0.3, 0.4) is 0 Å². The molecule has 9 heteroatoms. The van der Waals surface area contributed by atoms with E-state index in [1.165, 1.54) is 4.31 Å². The summed E-state index contributed by atoms with van der Waals surface area (Å²) >= 11 is 0. The van der Waals surface area contributed by atoms with E-state index >= 15 is 0 Å². The zero-order valence-corrected chi connectivity index (χ0v) is 13.3. The van der Waals surface area contributed by atoms with Crippen LogP contribution in [0.2, 0.25) is 0 Å². The Bertz CT molecular complexity index is 619. The number of likely N-dealkylation sites (N-methyl/N-ethyl adjacent to an activating group) is 1. The molecule has 0 radical (unpaired) electrons. The SMILES string of the molecule is C[C@@H]1CN(C)C[C@@H](C)N1S(=O)(=O)c1ccc(C(F)(F)F)nc1. The van der Waals surface area contributed by atoms with Crippen LogP contribution < -0.4 is 0 Å². The Kier molecular flexibility index (Phi) is 4.51. The summed E-state index contributed by atoms with van der Waals surface area (Å²) in [5.41, 5.74) is -1.11. The summed E-state index contributed by atoms with van der Waals surface area (Å²) in [6, 6.07) is 1.13. The molecule has 1 fully saturated rings. The van der Waals surface area contributed by atoms with E-state index in [1.54, 1.807) is 13.8 Å². The standard InChI is InChI=1S/C13H18F3N3O2S/c1-9-7-18(3)8-10(2)19(9)22(20,21)11-4-5-12(17-6-11)13(14,15)16/h4-6,9-10H,7-8H2,1-3H3/t9-,10-/m1/s1. The van der Waals surface area contributed by atoms with E-state index in [0.717, 1.165) is 12.3 Å². The Morgan fingerprint density at radius 2 is 1.73 bits per heavy atom. The third kappa shape index (κ3) is 3.26. The predicted molar refractivity (Wildman–Crippen MR) is 74.7 cm³/mol. The Labute approximate surface area is 127 Å². The number of alkyl halides is 3. The smallest absolute Gasteiger partial charge is 0.303 e. The monoisotopic (exact) mass is 337 g/mol. The van der Waals surface area contributed by atoms with Gasteiger partial charge < -0.3 is 4.90 Å². The minimum absolute atomic E-state index is 0.219. The first-order valence-electron chi connectivity index (χ1n) is 6.79. The quantitative estimate of drug-likeness (QED) is 0.826. The van der Waals surface area contributed by atoms with Crippen molar-refractivity contribution in [2.45, 2.75) is 37.0 Å². The van der Waals surface area contributed by atoms with E-state index in [9.17, 15) is 21.6 Å². The fraction of sp³-hybridized carbons (Fsp3) is 0.615. The molecule has 0 amide bonds. The summed E-state index contributed by atoms with van der Waals surface area (Å²) < 4.78 is 64.2. The highest BCUT2D eigenvalue weighted by Gasteiger charge is 2.38. The summed E-state index contributed by atoms with van der Waals surface area (Å²) in [5.74, 6) is 0. The van der Waals surface area contributed by atoms with Crippen LogP contribution in [0, 0.1) is 0 Å². The van der Waals surface area contributed by atoms with Crippen LogP contribution in [0.15, 0.2) is 23.2 Å². The maximum Gasteiger partial charge on any atom is 0.433 e. The molecule has 1 aliphatic heterocycles. The van der Waals surface area contributed by atoms with Gasteiger partial charge in [0.1, 0.15) is 10.6 Å². The van der Waals surface area contributed by atoms with Crippen molar-refractivity contribution in [1.82, 2.24) is 14.2 Å². The molecule has 1 aromatic rings. The second-order valence-electron chi connectivity index (χ2n) is 5.63. The third-order valence-corrected chi connectivity index (χ3v) is 5.73. The fourth-order valence-electron chi connectivity index (χ4n) is 2.87. The van der Waals surface area contributed by atoms with E-state index in [0.29, 0.717) is 19.2 Å². The summed E-state index contributed by atoms with van der Waals surface area (Å²) in [4.78, 5) is 5.04. The first kappa shape index (κ1) is 17.2. The zero-order valence-electron chi connectivity index (χ0n) is 12.5. The number of rotatable bonds is 2. The van der Waals surface area contributed by atoms with Crippen molar-refractivity contribution in [3.05, 3.63) is 24.0 Å². The van der Waals surface area contributed by atoms with Crippen LogP contribution in [0.1, 0.15) is 19.5 Å². The number of piperazine rings is 1. The topological polar surface area (TPSA) is 53.5 Å². The van der Waals surface area contributed by atoms with Gasteiger partial charge >= 0.3 is 6.18 Å². The van der Waals surface area contributed by atoms with Crippen molar-refractivity contribution in [2.75, 3.05) is 20.1 Å². The Morgan fingerprint density at radius 1 is 1.18 bits per heavy atom. The molecule has 0 saturated carbocycles. The average molecular weight is 337 g/mol. The normalized spacial score (nSPS) is 25.4. The lowest BCUT2D eigenvalue weighted by Gasteiger charge is -2.41. The number of nitrogens with zero attached hydrogens (tertiary/aromatic N) is 3. The predicted octanol–water partition coefficient (Wildman–Crippen LogP) is 1.81. The summed E-state index contributed by atoms with van der Waals surface area (Å²) in [6.45, 7) is 4.69. The molecular formula is C13H18F3N3O2S. The number of hydrogen-bond donors (Lipinski definition) is 0. The van der Waals surface area contributed by atoms with Crippen LogP contribution in [0.25, 0.3) is 0 Å². The van der Waals surface area contributed by atoms with Gasteiger partial charge in [-0.1, -0.05) is 0 Å². The fourth-order valence-corrected chi connectivity index (χ4v) is 4.62. The molecule has 124 valence electrons. The van der Waals surface area contributed by atoms with Crippen molar-refractivity contribution < 1.29 is 21.6 Å². The van der Waals surface area contributed by atoms with Gasteiger partial charge in [0.25, 0.3) is 0 Å². The van der Waals surface area contributed by atoms with Crippen molar-refractivity contribution in [1.29, 1.82) is 0 Å². The number of aromatic nitrogens is 1. The van der Waals surface area contributed by atoms with Crippen molar-refractivity contribution in [3.63, 3.8) is 0 Å². The molecule has 0 aromatic carbocycles. The van der Waals surface area contributed by atoms with E-state index in [2.05, 4.69) is 4.98 Å². The molecule has 0 bridgehead atoms. The zero-order chi connectivity index (χ0) is 16.7. The minimum Gasteiger partial charge on any atom is -0.303 e. The first-order valence-corrected chi connectivity index (χ1v) is 8.23.